The van der Waals surface area contributed by atoms with Crippen LogP contribution in [0.15, 0.2) is 30.3 Å². The van der Waals surface area contributed by atoms with E-state index in [1.807, 2.05) is 35.2 Å². The molecule has 0 aromatic heterocycles. The van der Waals surface area contributed by atoms with E-state index < -0.39 is 0 Å². The van der Waals surface area contributed by atoms with Crippen LogP contribution in [0.5, 0.6) is 5.75 Å². The number of nitrogens with one attached hydrogen (secondary N) is 1. The summed E-state index contributed by atoms with van der Waals surface area (Å²) < 4.78 is 5.69. The van der Waals surface area contributed by atoms with Crippen LogP contribution in [0.1, 0.15) is 70.6 Å². The van der Waals surface area contributed by atoms with Crippen LogP contribution in [-0.4, -0.2) is 42.5 Å². The van der Waals surface area contributed by atoms with Gasteiger partial charge in [0.25, 0.3) is 0 Å². The summed E-state index contributed by atoms with van der Waals surface area (Å²) in [5, 5.41) is 3.33. The number of hydrogen-bond acceptors (Lipinski definition) is 3. The highest BCUT2D eigenvalue weighted by Gasteiger charge is 2.51. The minimum Gasteiger partial charge on any atom is -0.494 e. The molecule has 5 fully saturated rings. The number of nitrogens with zero attached hydrogens (tertiary/aromatic N) is 1. The number of carbonyl (C=O) groups is 2. The van der Waals surface area contributed by atoms with Gasteiger partial charge in [0, 0.05) is 32.0 Å². The average Bonchev–Trinajstić information content (AvgIpc) is 2.76. The zero-order chi connectivity index (χ0) is 22.0. The van der Waals surface area contributed by atoms with Crippen molar-refractivity contribution in [1.29, 1.82) is 0 Å². The first-order chi connectivity index (χ1) is 15.6. The summed E-state index contributed by atoms with van der Waals surface area (Å²) >= 11 is 0. The molecule has 1 heterocycles. The second kappa shape index (κ2) is 9.44. The third-order valence-corrected chi connectivity index (χ3v) is 8.46. The molecule has 1 aromatic rings. The Labute approximate surface area is 192 Å². The van der Waals surface area contributed by atoms with E-state index in [1.54, 1.807) is 0 Å². The van der Waals surface area contributed by atoms with E-state index in [9.17, 15) is 9.59 Å². The maximum atomic E-state index is 12.9. The molecule has 2 amide bonds. The highest BCUT2D eigenvalue weighted by molar-refractivity contribution is 5.78. The Morgan fingerprint density at radius 2 is 1.59 bits per heavy atom. The lowest BCUT2D eigenvalue weighted by Crippen LogP contribution is -2.50. The minimum absolute atomic E-state index is 0.208. The van der Waals surface area contributed by atoms with Crippen molar-refractivity contribution in [1.82, 2.24) is 10.2 Å². The van der Waals surface area contributed by atoms with Crippen molar-refractivity contribution >= 4 is 11.8 Å². The van der Waals surface area contributed by atoms with Crippen molar-refractivity contribution in [2.24, 2.45) is 23.2 Å². The second-order valence-corrected chi connectivity index (χ2v) is 11.1. The summed E-state index contributed by atoms with van der Waals surface area (Å²) in [7, 11) is 0. The monoisotopic (exact) mass is 438 g/mol. The molecule has 6 rings (SSSR count). The molecule has 4 bridgehead atoms. The molecule has 1 aromatic carbocycles. The molecule has 5 nitrogen and oxygen atoms in total. The van der Waals surface area contributed by atoms with Crippen molar-refractivity contribution < 1.29 is 14.3 Å². The van der Waals surface area contributed by atoms with Crippen molar-refractivity contribution in [2.75, 3.05) is 19.7 Å². The molecule has 1 saturated heterocycles. The molecule has 1 aliphatic heterocycles. The van der Waals surface area contributed by atoms with Crippen LogP contribution in [0.3, 0.4) is 0 Å². The van der Waals surface area contributed by atoms with Gasteiger partial charge in [-0.2, -0.15) is 0 Å². The largest absolute Gasteiger partial charge is 0.494 e. The van der Waals surface area contributed by atoms with Gasteiger partial charge >= 0.3 is 0 Å². The van der Waals surface area contributed by atoms with Gasteiger partial charge in [-0.3, -0.25) is 9.59 Å². The number of benzene rings is 1. The maximum Gasteiger partial charge on any atom is 0.222 e. The molecular formula is C27H38N2O3. The first-order valence-electron chi connectivity index (χ1n) is 12.8. The molecule has 5 heteroatoms. The fourth-order valence-corrected chi connectivity index (χ4v) is 7.49. The van der Waals surface area contributed by atoms with E-state index in [4.69, 9.17) is 4.74 Å². The van der Waals surface area contributed by atoms with E-state index in [-0.39, 0.29) is 17.9 Å². The predicted octanol–water partition coefficient (Wildman–Crippen LogP) is 4.56. The number of carbonyl (C=O) groups excluding carboxylic acids is 2. The Morgan fingerprint density at radius 3 is 2.22 bits per heavy atom. The van der Waals surface area contributed by atoms with Gasteiger partial charge < -0.3 is 15.0 Å². The summed E-state index contributed by atoms with van der Waals surface area (Å²) in [6, 6.07) is 9.96. The van der Waals surface area contributed by atoms with E-state index in [0.29, 0.717) is 18.4 Å². The quantitative estimate of drug-likeness (QED) is 0.606. The smallest absolute Gasteiger partial charge is 0.222 e. The van der Waals surface area contributed by atoms with Crippen molar-refractivity contribution in [3.8, 4) is 5.75 Å². The number of rotatable bonds is 8. The molecule has 0 radical (unpaired) electrons. The fraction of sp³-hybridized carbons (Fsp3) is 0.704. The van der Waals surface area contributed by atoms with Crippen LogP contribution >= 0.6 is 0 Å². The Balaban J connectivity index is 0.999. The van der Waals surface area contributed by atoms with Crippen LogP contribution in [0, 0.1) is 23.2 Å². The Hall–Kier alpha value is -2.04. The molecule has 0 spiro atoms. The summed E-state index contributed by atoms with van der Waals surface area (Å²) in [6.07, 6.45) is 11.9. The lowest BCUT2D eigenvalue weighted by Gasteiger charge is -2.56. The molecular weight excluding hydrogens is 400 g/mol. The number of hydrogen-bond donors (Lipinski definition) is 1. The maximum absolute atomic E-state index is 12.9. The number of amides is 2. The molecule has 4 aliphatic carbocycles. The van der Waals surface area contributed by atoms with E-state index >= 15 is 0 Å². The SMILES string of the molecule is O=C(CC12CC3CC(CC(C3)C1)C2)NC1CCN(C(=O)CCCOc2ccccc2)CC1. The van der Waals surface area contributed by atoms with Crippen LogP contribution in [0.2, 0.25) is 0 Å². The first kappa shape index (κ1) is 21.8. The van der Waals surface area contributed by atoms with E-state index in [0.717, 1.165) is 62.3 Å². The third-order valence-electron chi connectivity index (χ3n) is 8.46. The van der Waals surface area contributed by atoms with Gasteiger partial charge in [0.2, 0.25) is 11.8 Å². The normalized spacial score (nSPS) is 31.5. The van der Waals surface area contributed by atoms with Crippen molar-refractivity contribution in [2.45, 2.75) is 76.7 Å². The Bertz CT molecular complexity index is 765. The molecule has 0 atom stereocenters. The zero-order valence-electron chi connectivity index (χ0n) is 19.3. The van der Waals surface area contributed by atoms with Crippen LogP contribution < -0.4 is 10.1 Å². The zero-order valence-corrected chi connectivity index (χ0v) is 19.3. The lowest BCUT2D eigenvalue weighted by atomic mass is 9.49. The molecule has 174 valence electrons. The topological polar surface area (TPSA) is 58.6 Å². The van der Waals surface area contributed by atoms with Gasteiger partial charge in [-0.05, 0) is 93.1 Å². The first-order valence-corrected chi connectivity index (χ1v) is 12.8. The minimum atomic E-state index is 0.208. The summed E-state index contributed by atoms with van der Waals surface area (Å²) in [6.45, 7) is 2.06. The molecule has 0 unspecified atom stereocenters. The molecule has 4 saturated carbocycles. The molecule has 32 heavy (non-hydrogen) atoms. The molecule has 1 N–H and O–H groups in total. The lowest BCUT2D eigenvalue weighted by molar-refractivity contribution is -0.133. The second-order valence-electron chi connectivity index (χ2n) is 11.1. The standard InChI is InChI=1S/C27H38N2O3/c30-25(19-27-16-20-13-21(17-27)15-22(14-20)18-27)28-23-8-10-29(11-9-23)26(31)7-4-12-32-24-5-2-1-3-6-24/h1-3,5-6,20-23H,4,7-19H2,(H,28,30). The highest BCUT2D eigenvalue weighted by atomic mass is 16.5. The summed E-state index contributed by atoms with van der Waals surface area (Å²) in [5.74, 6) is 3.99. The Kier molecular flexibility index (Phi) is 6.43. The van der Waals surface area contributed by atoms with Gasteiger partial charge in [0.1, 0.15) is 5.75 Å². The van der Waals surface area contributed by atoms with Crippen LogP contribution in [-0.2, 0) is 9.59 Å². The van der Waals surface area contributed by atoms with Crippen LogP contribution in [0.4, 0.5) is 0 Å². The average molecular weight is 439 g/mol. The Morgan fingerprint density at radius 1 is 0.969 bits per heavy atom. The van der Waals surface area contributed by atoms with Gasteiger partial charge in [-0.15, -0.1) is 0 Å². The predicted molar refractivity (Wildman–Crippen MR) is 124 cm³/mol. The fourth-order valence-electron chi connectivity index (χ4n) is 7.49. The van der Waals surface area contributed by atoms with Crippen LogP contribution in [0.25, 0.3) is 0 Å². The van der Waals surface area contributed by atoms with Gasteiger partial charge in [-0.1, -0.05) is 18.2 Å². The number of likely N-dealkylation sites (tertiary alicyclic amines) is 1. The van der Waals surface area contributed by atoms with Crippen molar-refractivity contribution in [3.05, 3.63) is 30.3 Å². The van der Waals surface area contributed by atoms with E-state index in [2.05, 4.69) is 5.32 Å². The third kappa shape index (κ3) is 5.13. The van der Waals surface area contributed by atoms with E-state index in [1.165, 1.54) is 38.5 Å². The summed E-state index contributed by atoms with van der Waals surface area (Å²) in [4.78, 5) is 27.4. The van der Waals surface area contributed by atoms with Crippen molar-refractivity contribution in [3.63, 3.8) is 0 Å². The summed E-state index contributed by atoms with van der Waals surface area (Å²) in [5.41, 5.74) is 0.303. The van der Waals surface area contributed by atoms with Gasteiger partial charge in [0.05, 0.1) is 6.61 Å². The van der Waals surface area contributed by atoms with Gasteiger partial charge in [-0.25, -0.2) is 0 Å². The molecule has 5 aliphatic rings. The number of para-hydroxylation sites is 1. The number of piperidine rings is 1. The van der Waals surface area contributed by atoms with Gasteiger partial charge in [0.15, 0.2) is 0 Å². The number of ether oxygens (including phenoxy) is 1. The highest BCUT2D eigenvalue weighted by Crippen LogP contribution is 2.61.